The second-order valence-corrected chi connectivity index (χ2v) is 5.81. The number of nitrogens with zero attached hydrogens (tertiary/aromatic N) is 1. The van der Waals surface area contributed by atoms with Crippen molar-refractivity contribution in [1.82, 2.24) is 4.98 Å². The Bertz CT molecular complexity index is 621. The van der Waals surface area contributed by atoms with Crippen molar-refractivity contribution < 1.29 is 8.78 Å². The molecule has 0 N–H and O–H groups in total. The van der Waals surface area contributed by atoms with Gasteiger partial charge in [0.15, 0.2) is 4.34 Å². The van der Waals surface area contributed by atoms with Gasteiger partial charge in [0.05, 0.1) is 10.2 Å². The summed E-state index contributed by atoms with van der Waals surface area (Å²) in [6, 6.07) is 5.64. The van der Waals surface area contributed by atoms with Crippen LogP contribution in [0.5, 0.6) is 0 Å². The number of thiazole rings is 1. The summed E-state index contributed by atoms with van der Waals surface area (Å²) in [5, 5.41) is 0. The van der Waals surface area contributed by atoms with Crippen LogP contribution < -0.4 is 0 Å². The van der Waals surface area contributed by atoms with Gasteiger partial charge in [-0.3, -0.25) is 0 Å². The van der Waals surface area contributed by atoms with E-state index in [1.807, 2.05) is 18.2 Å². The molecule has 18 heavy (non-hydrogen) atoms. The molecule has 1 nitrogen and oxygen atoms in total. The predicted molar refractivity (Wildman–Crippen MR) is 73.2 cm³/mol. The monoisotopic (exact) mass is 281 g/mol. The van der Waals surface area contributed by atoms with Crippen molar-refractivity contribution in [3.8, 4) is 12.3 Å². The lowest BCUT2D eigenvalue weighted by Crippen LogP contribution is -1.76. The van der Waals surface area contributed by atoms with Gasteiger partial charge in [0.2, 0.25) is 0 Å². The maximum atomic E-state index is 11.8. The third kappa shape index (κ3) is 3.31. The molecule has 0 atom stereocenters. The van der Waals surface area contributed by atoms with E-state index < -0.39 is 6.08 Å². The van der Waals surface area contributed by atoms with E-state index in [2.05, 4.69) is 10.9 Å². The number of hydrogen-bond acceptors (Lipinski definition) is 3. The number of allylic oxidation sites excluding steroid dienone is 1. The molecule has 0 saturated carbocycles. The summed E-state index contributed by atoms with van der Waals surface area (Å²) >= 11 is 3.01. The highest BCUT2D eigenvalue weighted by atomic mass is 32.2. The molecule has 0 aliphatic heterocycles. The zero-order valence-electron chi connectivity index (χ0n) is 9.32. The molecular weight excluding hydrogens is 272 g/mol. The van der Waals surface area contributed by atoms with Crippen LogP contribution in [0.25, 0.3) is 10.2 Å². The molecule has 2 rings (SSSR count). The Morgan fingerprint density at radius 1 is 1.50 bits per heavy atom. The molecule has 0 saturated heterocycles. The molecule has 1 aromatic carbocycles. The Balaban J connectivity index is 2.06. The molecule has 1 heterocycles. The normalized spacial score (nSPS) is 10.3. The van der Waals surface area contributed by atoms with Gasteiger partial charge in [-0.25, -0.2) is 4.98 Å². The quantitative estimate of drug-likeness (QED) is 0.463. The topological polar surface area (TPSA) is 12.9 Å². The number of thioether (sulfide) groups is 1. The highest BCUT2D eigenvalue weighted by Gasteiger charge is 2.04. The van der Waals surface area contributed by atoms with Gasteiger partial charge < -0.3 is 0 Å². The van der Waals surface area contributed by atoms with Crippen LogP contribution in [0.3, 0.4) is 0 Å². The van der Waals surface area contributed by atoms with Gasteiger partial charge in [0.1, 0.15) is 0 Å². The zero-order valence-corrected chi connectivity index (χ0v) is 11.0. The first-order valence-electron chi connectivity index (χ1n) is 5.20. The summed E-state index contributed by atoms with van der Waals surface area (Å²) in [6.45, 7) is 0. The minimum atomic E-state index is -1.63. The fraction of sp³-hybridized carbons (Fsp3) is 0.154. The summed E-state index contributed by atoms with van der Waals surface area (Å²) < 4.78 is 25.6. The molecule has 1 aromatic heterocycles. The minimum Gasteiger partial charge on any atom is -0.230 e. The minimum absolute atomic E-state index is 0.346. The molecule has 0 fully saturated rings. The highest BCUT2D eigenvalue weighted by molar-refractivity contribution is 8.01. The lowest BCUT2D eigenvalue weighted by Gasteiger charge is -1.91. The van der Waals surface area contributed by atoms with Crippen LogP contribution in [-0.4, -0.2) is 10.7 Å². The van der Waals surface area contributed by atoms with Gasteiger partial charge in [-0.05, 0) is 30.7 Å². The van der Waals surface area contributed by atoms with E-state index in [-0.39, 0.29) is 0 Å². The van der Waals surface area contributed by atoms with Gasteiger partial charge in [-0.1, -0.05) is 17.7 Å². The Hall–Kier alpha value is -1.38. The second kappa shape index (κ2) is 5.98. The molecule has 0 bridgehead atoms. The average Bonchev–Trinajstić information content (AvgIpc) is 2.75. The van der Waals surface area contributed by atoms with Crippen LogP contribution in [0.2, 0.25) is 0 Å². The van der Waals surface area contributed by atoms with Crippen molar-refractivity contribution in [3.63, 3.8) is 0 Å². The van der Waals surface area contributed by atoms with E-state index >= 15 is 0 Å². The molecule has 0 aliphatic carbocycles. The number of rotatable bonds is 4. The number of aromatic nitrogens is 1. The smallest absolute Gasteiger partial charge is 0.230 e. The fourth-order valence-electron chi connectivity index (χ4n) is 1.37. The first kappa shape index (κ1) is 13.1. The number of benzene rings is 1. The molecule has 2 aromatic rings. The van der Waals surface area contributed by atoms with Crippen molar-refractivity contribution in [2.45, 2.75) is 10.8 Å². The van der Waals surface area contributed by atoms with E-state index in [4.69, 9.17) is 6.42 Å². The van der Waals surface area contributed by atoms with Crippen LogP contribution in [0, 0.1) is 12.3 Å². The number of hydrogen-bond donors (Lipinski definition) is 0. The van der Waals surface area contributed by atoms with Crippen LogP contribution >= 0.6 is 23.1 Å². The van der Waals surface area contributed by atoms with Crippen molar-refractivity contribution in [2.75, 3.05) is 5.75 Å². The van der Waals surface area contributed by atoms with Gasteiger partial charge >= 0.3 is 0 Å². The first-order valence-corrected chi connectivity index (χ1v) is 7.00. The van der Waals surface area contributed by atoms with Crippen LogP contribution in [0.1, 0.15) is 12.0 Å². The molecule has 0 radical (unpaired) electrons. The zero-order chi connectivity index (χ0) is 13.0. The van der Waals surface area contributed by atoms with E-state index in [0.29, 0.717) is 12.2 Å². The molecule has 5 heteroatoms. The lowest BCUT2D eigenvalue weighted by molar-refractivity contribution is 0.418. The summed E-state index contributed by atoms with van der Waals surface area (Å²) in [6.07, 6.45) is 4.97. The molecular formula is C13H9F2NS2. The first-order chi connectivity index (χ1) is 8.69. The number of terminal acetylenes is 1. The Kier molecular flexibility index (Phi) is 4.34. The molecule has 0 aliphatic rings. The van der Waals surface area contributed by atoms with Crippen LogP contribution in [0.4, 0.5) is 8.78 Å². The molecule has 0 amide bonds. The van der Waals surface area contributed by atoms with Crippen molar-refractivity contribution in [3.05, 3.63) is 35.9 Å². The third-order valence-corrected chi connectivity index (χ3v) is 4.37. The summed E-state index contributed by atoms with van der Waals surface area (Å²) in [7, 11) is 0. The van der Waals surface area contributed by atoms with E-state index in [0.717, 1.165) is 26.2 Å². The summed E-state index contributed by atoms with van der Waals surface area (Å²) in [5.74, 6) is 3.17. The van der Waals surface area contributed by atoms with Crippen LogP contribution in [-0.2, 0) is 0 Å². The highest BCUT2D eigenvalue weighted by Crippen LogP contribution is 2.30. The van der Waals surface area contributed by atoms with E-state index in [9.17, 15) is 8.78 Å². The average molecular weight is 281 g/mol. The van der Waals surface area contributed by atoms with Gasteiger partial charge in [0.25, 0.3) is 6.08 Å². The Labute approximate surface area is 112 Å². The predicted octanol–water partition coefficient (Wildman–Crippen LogP) is 4.54. The second-order valence-electron chi connectivity index (χ2n) is 3.44. The van der Waals surface area contributed by atoms with Crippen molar-refractivity contribution >= 4 is 33.3 Å². The lowest BCUT2D eigenvalue weighted by atomic mass is 10.2. The standard InChI is InChI=1S/C13H9F2NS2/c1-2-9-5-6-10-11(8-9)18-13(16-10)17-7-3-4-12(14)15/h1,4-6,8H,3,7H2. The summed E-state index contributed by atoms with van der Waals surface area (Å²) in [4.78, 5) is 4.41. The van der Waals surface area contributed by atoms with Crippen molar-refractivity contribution in [1.29, 1.82) is 0 Å². The fourth-order valence-corrected chi connectivity index (χ4v) is 3.43. The largest absolute Gasteiger partial charge is 0.266 e. The van der Waals surface area contributed by atoms with Crippen LogP contribution in [0.15, 0.2) is 34.7 Å². The Morgan fingerprint density at radius 2 is 2.33 bits per heavy atom. The molecule has 0 unspecified atom stereocenters. The SMILES string of the molecule is C#Cc1ccc2nc(SCCC=C(F)F)sc2c1. The van der Waals surface area contributed by atoms with E-state index in [1.165, 1.54) is 23.1 Å². The molecule has 0 spiro atoms. The summed E-state index contributed by atoms with van der Waals surface area (Å²) in [5.41, 5.74) is 1.72. The van der Waals surface area contributed by atoms with Gasteiger partial charge in [-0.15, -0.1) is 17.8 Å². The van der Waals surface area contributed by atoms with E-state index in [1.54, 1.807) is 0 Å². The third-order valence-electron chi connectivity index (χ3n) is 2.18. The van der Waals surface area contributed by atoms with Gasteiger partial charge in [0, 0.05) is 11.3 Å². The van der Waals surface area contributed by atoms with Crippen molar-refractivity contribution in [2.24, 2.45) is 0 Å². The maximum Gasteiger partial charge on any atom is 0.266 e. The number of fused-ring (bicyclic) bond motifs is 1. The molecule has 92 valence electrons. The van der Waals surface area contributed by atoms with Gasteiger partial charge in [-0.2, -0.15) is 8.78 Å². The number of halogens is 2. The Morgan fingerprint density at radius 3 is 3.06 bits per heavy atom. The maximum absolute atomic E-state index is 11.8.